The van der Waals surface area contributed by atoms with Crippen LogP contribution < -0.4 is 0 Å². The Morgan fingerprint density at radius 1 is 0.914 bits per heavy atom. The molecule has 0 aliphatic carbocycles. The van der Waals surface area contributed by atoms with Crippen molar-refractivity contribution in [1.29, 1.82) is 0 Å². The molecule has 4 aromatic carbocycles. The van der Waals surface area contributed by atoms with Gasteiger partial charge in [-0.2, -0.15) is 5.11 Å². The van der Waals surface area contributed by atoms with Gasteiger partial charge in [0.15, 0.2) is 0 Å². The molecule has 2 amide bonds. The van der Waals surface area contributed by atoms with E-state index in [0.717, 1.165) is 39.3 Å². The van der Waals surface area contributed by atoms with Gasteiger partial charge >= 0.3 is 0 Å². The summed E-state index contributed by atoms with van der Waals surface area (Å²) >= 11 is 0.860. The third kappa shape index (κ3) is 4.85. The van der Waals surface area contributed by atoms with Gasteiger partial charge in [-0.25, -0.2) is 0 Å². The number of carbonyl (C=O) groups is 2. The van der Waals surface area contributed by atoms with Gasteiger partial charge in [-0.1, -0.05) is 66.2 Å². The lowest BCUT2D eigenvalue weighted by molar-refractivity contribution is -0.123. The maximum atomic E-state index is 12.9. The molecule has 0 atom stereocenters. The number of amides is 2. The SMILES string of the molecule is Cc1cccc(CN2C(=O)S/C(=C\c3cc(N=Nc4cccc5ccccc45)ccc3O)C2=O)c1. The first-order valence-corrected chi connectivity index (χ1v) is 11.8. The normalized spacial score (nSPS) is 15.1. The Balaban J connectivity index is 1.40. The number of imide groups is 1. The molecule has 1 aliphatic heterocycles. The summed E-state index contributed by atoms with van der Waals surface area (Å²) in [5.74, 6) is -0.400. The Hall–Kier alpha value is -4.23. The maximum absolute atomic E-state index is 12.9. The number of phenolic OH excluding ortho intramolecular Hbond substituents is 1. The predicted molar refractivity (Wildman–Crippen MR) is 139 cm³/mol. The lowest BCUT2D eigenvalue weighted by Crippen LogP contribution is -2.27. The molecule has 5 rings (SSSR count). The molecule has 0 spiro atoms. The first kappa shape index (κ1) is 22.6. The third-order valence-corrected chi connectivity index (χ3v) is 6.54. The number of hydrogen-bond acceptors (Lipinski definition) is 6. The second-order valence-corrected chi connectivity index (χ2v) is 9.19. The summed E-state index contributed by atoms with van der Waals surface area (Å²) in [5, 5.41) is 20.8. The molecule has 0 aromatic heterocycles. The maximum Gasteiger partial charge on any atom is 0.293 e. The van der Waals surface area contributed by atoms with E-state index >= 15 is 0 Å². The van der Waals surface area contributed by atoms with Gasteiger partial charge in [0, 0.05) is 10.9 Å². The number of hydrogen-bond donors (Lipinski definition) is 1. The fourth-order valence-electron chi connectivity index (χ4n) is 3.90. The molecule has 1 aliphatic rings. The highest BCUT2D eigenvalue weighted by molar-refractivity contribution is 8.18. The molecule has 7 heteroatoms. The number of rotatable bonds is 5. The van der Waals surface area contributed by atoms with E-state index in [1.807, 2.05) is 73.7 Å². The monoisotopic (exact) mass is 479 g/mol. The number of fused-ring (bicyclic) bond motifs is 1. The van der Waals surface area contributed by atoms with E-state index in [4.69, 9.17) is 0 Å². The van der Waals surface area contributed by atoms with Crippen LogP contribution in [0, 0.1) is 6.92 Å². The molecule has 0 saturated carbocycles. The number of thioether (sulfide) groups is 1. The van der Waals surface area contributed by atoms with Crippen molar-refractivity contribution in [3.63, 3.8) is 0 Å². The number of phenols is 1. The Kier molecular flexibility index (Phi) is 6.16. The Morgan fingerprint density at radius 2 is 1.71 bits per heavy atom. The number of carbonyl (C=O) groups excluding carboxylic acids is 2. The van der Waals surface area contributed by atoms with E-state index in [0.29, 0.717) is 11.3 Å². The Bertz CT molecular complexity index is 1520. The van der Waals surface area contributed by atoms with Crippen LogP contribution in [0.2, 0.25) is 0 Å². The quantitative estimate of drug-likeness (QED) is 0.237. The van der Waals surface area contributed by atoms with Crippen LogP contribution in [0.15, 0.2) is 100 Å². The van der Waals surface area contributed by atoms with Crippen molar-refractivity contribution in [3.05, 3.63) is 107 Å². The van der Waals surface area contributed by atoms with Gasteiger partial charge in [0.25, 0.3) is 11.1 Å². The Morgan fingerprint density at radius 3 is 2.57 bits per heavy atom. The van der Waals surface area contributed by atoms with Gasteiger partial charge in [-0.15, -0.1) is 5.11 Å². The number of aryl methyl sites for hydroxylation is 1. The van der Waals surface area contributed by atoms with E-state index in [9.17, 15) is 14.7 Å². The highest BCUT2D eigenvalue weighted by Crippen LogP contribution is 2.36. The molecule has 1 fully saturated rings. The lowest BCUT2D eigenvalue weighted by atomic mass is 10.1. The summed E-state index contributed by atoms with van der Waals surface area (Å²) < 4.78 is 0. The number of aromatic hydroxyl groups is 1. The zero-order valence-corrected chi connectivity index (χ0v) is 19.7. The van der Waals surface area contributed by atoms with Crippen molar-refractivity contribution in [1.82, 2.24) is 4.90 Å². The number of azo groups is 1. The highest BCUT2D eigenvalue weighted by atomic mass is 32.2. The topological polar surface area (TPSA) is 82.3 Å². The van der Waals surface area contributed by atoms with E-state index in [2.05, 4.69) is 10.2 Å². The average Bonchev–Trinajstić information content (AvgIpc) is 3.12. The van der Waals surface area contributed by atoms with Crippen LogP contribution >= 0.6 is 11.8 Å². The fourth-order valence-corrected chi connectivity index (χ4v) is 4.73. The summed E-state index contributed by atoms with van der Waals surface area (Å²) in [5.41, 5.74) is 3.58. The second kappa shape index (κ2) is 9.56. The van der Waals surface area contributed by atoms with E-state index in [1.54, 1.807) is 12.1 Å². The molecular formula is C28H21N3O3S. The van der Waals surface area contributed by atoms with Gasteiger partial charge in [-0.3, -0.25) is 14.5 Å². The molecule has 0 radical (unpaired) electrons. The molecule has 35 heavy (non-hydrogen) atoms. The van der Waals surface area contributed by atoms with Gasteiger partial charge in [0.05, 0.1) is 22.8 Å². The van der Waals surface area contributed by atoms with Gasteiger partial charge < -0.3 is 5.11 Å². The standard InChI is InChI=1S/C28H21N3O3S/c1-18-6-4-7-19(14-18)17-31-27(33)26(35-28(31)34)16-21-15-22(12-13-25(21)32)29-30-24-11-5-9-20-8-2-3-10-23(20)24/h2-16,32H,17H2,1H3/b26-16-,30-29?. The molecule has 4 aromatic rings. The van der Waals surface area contributed by atoms with Crippen LogP contribution in [0.5, 0.6) is 5.75 Å². The predicted octanol–water partition coefficient (Wildman–Crippen LogP) is 7.51. The van der Waals surface area contributed by atoms with Crippen LogP contribution in [0.25, 0.3) is 16.8 Å². The summed E-state index contributed by atoms with van der Waals surface area (Å²) in [4.78, 5) is 26.9. The van der Waals surface area contributed by atoms with Crippen LogP contribution in [-0.4, -0.2) is 21.2 Å². The highest BCUT2D eigenvalue weighted by Gasteiger charge is 2.35. The zero-order chi connectivity index (χ0) is 24.4. The van der Waals surface area contributed by atoms with Crippen molar-refractivity contribution < 1.29 is 14.7 Å². The summed E-state index contributed by atoms with van der Waals surface area (Å²) in [6.07, 6.45) is 1.52. The minimum atomic E-state index is -0.385. The van der Waals surface area contributed by atoms with Crippen LogP contribution in [0.4, 0.5) is 16.2 Å². The molecule has 1 N–H and O–H groups in total. The first-order chi connectivity index (χ1) is 17.0. The second-order valence-electron chi connectivity index (χ2n) is 8.20. The van der Waals surface area contributed by atoms with Crippen LogP contribution in [-0.2, 0) is 11.3 Å². The molecule has 0 bridgehead atoms. The molecule has 6 nitrogen and oxygen atoms in total. The van der Waals surface area contributed by atoms with Gasteiger partial charge in [0.2, 0.25) is 0 Å². The number of nitrogens with zero attached hydrogens (tertiary/aromatic N) is 3. The minimum absolute atomic E-state index is 0.0143. The Labute approximate surface area is 206 Å². The average molecular weight is 480 g/mol. The van der Waals surface area contributed by atoms with E-state index < -0.39 is 0 Å². The zero-order valence-electron chi connectivity index (χ0n) is 18.9. The number of benzene rings is 4. The largest absolute Gasteiger partial charge is 0.507 e. The first-order valence-electron chi connectivity index (χ1n) is 11.0. The fraction of sp³-hybridized carbons (Fsp3) is 0.0714. The van der Waals surface area contributed by atoms with Crippen LogP contribution in [0.1, 0.15) is 16.7 Å². The molecule has 172 valence electrons. The summed E-state index contributed by atoms with van der Waals surface area (Å²) in [6.45, 7) is 2.17. The molecular weight excluding hydrogens is 458 g/mol. The molecule has 1 saturated heterocycles. The van der Waals surface area contributed by atoms with Crippen molar-refractivity contribution in [2.45, 2.75) is 13.5 Å². The van der Waals surface area contributed by atoms with Crippen molar-refractivity contribution in [3.8, 4) is 5.75 Å². The third-order valence-electron chi connectivity index (χ3n) is 5.63. The summed E-state index contributed by atoms with van der Waals surface area (Å²) in [7, 11) is 0. The van der Waals surface area contributed by atoms with Gasteiger partial charge in [-0.05, 0) is 60.0 Å². The van der Waals surface area contributed by atoms with Crippen LogP contribution in [0.3, 0.4) is 0 Å². The molecule has 0 unspecified atom stereocenters. The molecule has 1 heterocycles. The van der Waals surface area contributed by atoms with E-state index in [1.165, 1.54) is 17.0 Å². The van der Waals surface area contributed by atoms with Gasteiger partial charge in [0.1, 0.15) is 5.75 Å². The minimum Gasteiger partial charge on any atom is -0.507 e. The summed E-state index contributed by atoms with van der Waals surface area (Å²) in [6, 6.07) is 26.2. The van der Waals surface area contributed by atoms with Crippen molar-refractivity contribution in [2.75, 3.05) is 0 Å². The van der Waals surface area contributed by atoms with Crippen molar-refractivity contribution in [2.24, 2.45) is 10.2 Å². The lowest BCUT2D eigenvalue weighted by Gasteiger charge is -2.12. The van der Waals surface area contributed by atoms with E-state index in [-0.39, 0.29) is 28.3 Å². The smallest absolute Gasteiger partial charge is 0.293 e. The van der Waals surface area contributed by atoms with Crippen molar-refractivity contribution >= 4 is 51.1 Å².